The molecular weight excluding hydrogens is 198 g/mol. The van der Waals surface area contributed by atoms with Crippen molar-refractivity contribution in [1.82, 2.24) is 5.32 Å². The van der Waals surface area contributed by atoms with E-state index < -0.39 is 0 Å². The van der Waals surface area contributed by atoms with Gasteiger partial charge in [0.2, 0.25) is 0 Å². The van der Waals surface area contributed by atoms with Crippen LogP contribution in [0.4, 0.5) is 0 Å². The lowest BCUT2D eigenvalue weighted by atomic mass is 9.85. The van der Waals surface area contributed by atoms with E-state index in [-0.39, 0.29) is 5.41 Å². The molecule has 0 unspecified atom stereocenters. The van der Waals surface area contributed by atoms with Gasteiger partial charge in [0.1, 0.15) is 0 Å². The number of rotatable bonds is 4. The summed E-state index contributed by atoms with van der Waals surface area (Å²) in [7, 11) is 0. The molecule has 2 aliphatic rings. The fourth-order valence-electron chi connectivity index (χ4n) is 3.12. The lowest BCUT2D eigenvalue weighted by Crippen LogP contribution is -2.43. The molecule has 0 saturated heterocycles. The highest BCUT2D eigenvalue weighted by molar-refractivity contribution is 4.95. The summed E-state index contributed by atoms with van der Waals surface area (Å²) in [6, 6.07) is 0.531. The number of hydrogen-bond acceptors (Lipinski definition) is 2. The third kappa shape index (κ3) is 2.67. The summed E-state index contributed by atoms with van der Waals surface area (Å²) >= 11 is 0. The summed E-state index contributed by atoms with van der Waals surface area (Å²) in [5, 5.41) is 13.2. The predicted molar refractivity (Wildman–Crippen MR) is 67.3 cm³/mol. The Morgan fingerprint density at radius 2 is 2.25 bits per heavy atom. The molecule has 2 nitrogen and oxygen atoms in total. The second-order valence-corrected chi connectivity index (χ2v) is 5.82. The van der Waals surface area contributed by atoms with Crippen molar-refractivity contribution >= 4 is 0 Å². The van der Waals surface area contributed by atoms with Crippen LogP contribution in [0.2, 0.25) is 0 Å². The Balaban J connectivity index is 1.78. The second kappa shape index (κ2) is 5.33. The summed E-state index contributed by atoms with van der Waals surface area (Å²) in [4.78, 5) is 0. The molecule has 2 rings (SSSR count). The predicted octanol–water partition coefficient (Wildman–Crippen LogP) is 2.48. The molecule has 1 fully saturated rings. The van der Waals surface area contributed by atoms with Crippen LogP contribution in [0, 0.1) is 11.3 Å². The van der Waals surface area contributed by atoms with Gasteiger partial charge in [-0.2, -0.15) is 0 Å². The molecule has 0 aliphatic heterocycles. The standard InChI is InChI=1S/C14H25NO/c1-14(11-16)9-5-8-13(14)15-10-12-6-3-2-4-7-12/h2-3,12-13,15-16H,4-11H2,1H3/t12-,13-,14+/m0/s1. The van der Waals surface area contributed by atoms with Crippen LogP contribution in [0.1, 0.15) is 45.4 Å². The molecule has 0 aromatic carbocycles. The van der Waals surface area contributed by atoms with Gasteiger partial charge in [-0.05, 0) is 44.6 Å². The molecule has 0 spiro atoms. The van der Waals surface area contributed by atoms with Crippen LogP contribution in [0.5, 0.6) is 0 Å². The van der Waals surface area contributed by atoms with Crippen molar-refractivity contribution in [2.75, 3.05) is 13.2 Å². The molecule has 2 aliphatic carbocycles. The van der Waals surface area contributed by atoms with Crippen molar-refractivity contribution in [3.8, 4) is 0 Å². The van der Waals surface area contributed by atoms with E-state index in [0.29, 0.717) is 12.6 Å². The van der Waals surface area contributed by atoms with Gasteiger partial charge in [-0.3, -0.25) is 0 Å². The Morgan fingerprint density at radius 1 is 1.38 bits per heavy atom. The summed E-state index contributed by atoms with van der Waals surface area (Å²) in [6.07, 6.45) is 12.1. The zero-order chi connectivity index (χ0) is 11.4. The third-order valence-corrected chi connectivity index (χ3v) is 4.47. The topological polar surface area (TPSA) is 32.3 Å². The lowest BCUT2D eigenvalue weighted by Gasteiger charge is -2.32. The van der Waals surface area contributed by atoms with Crippen LogP contribution in [0.25, 0.3) is 0 Å². The van der Waals surface area contributed by atoms with E-state index in [1.165, 1.54) is 38.5 Å². The molecular formula is C14H25NO. The van der Waals surface area contributed by atoms with E-state index in [2.05, 4.69) is 24.4 Å². The molecule has 2 heteroatoms. The van der Waals surface area contributed by atoms with Crippen molar-refractivity contribution in [3.63, 3.8) is 0 Å². The highest BCUT2D eigenvalue weighted by Gasteiger charge is 2.37. The van der Waals surface area contributed by atoms with E-state index in [1.54, 1.807) is 0 Å². The van der Waals surface area contributed by atoms with Gasteiger partial charge in [-0.1, -0.05) is 25.5 Å². The average Bonchev–Trinajstić information content (AvgIpc) is 2.70. The molecule has 0 aromatic rings. The van der Waals surface area contributed by atoms with E-state index in [1.807, 2.05) is 0 Å². The smallest absolute Gasteiger partial charge is 0.0499 e. The molecule has 3 atom stereocenters. The summed E-state index contributed by atoms with van der Waals surface area (Å²) in [5.41, 5.74) is 0.129. The van der Waals surface area contributed by atoms with Gasteiger partial charge < -0.3 is 10.4 Å². The van der Waals surface area contributed by atoms with Gasteiger partial charge in [0, 0.05) is 18.1 Å². The van der Waals surface area contributed by atoms with E-state index >= 15 is 0 Å². The average molecular weight is 223 g/mol. The quantitative estimate of drug-likeness (QED) is 0.718. The number of allylic oxidation sites excluding steroid dienone is 2. The molecule has 92 valence electrons. The largest absolute Gasteiger partial charge is 0.396 e. The molecule has 16 heavy (non-hydrogen) atoms. The van der Waals surface area contributed by atoms with Gasteiger partial charge in [0.15, 0.2) is 0 Å². The van der Waals surface area contributed by atoms with Gasteiger partial charge in [0.25, 0.3) is 0 Å². The van der Waals surface area contributed by atoms with Crippen molar-refractivity contribution in [2.24, 2.45) is 11.3 Å². The Labute approximate surface area is 99.1 Å². The molecule has 0 aromatic heterocycles. The van der Waals surface area contributed by atoms with Gasteiger partial charge >= 0.3 is 0 Å². The molecule has 0 amide bonds. The zero-order valence-electron chi connectivity index (χ0n) is 10.4. The third-order valence-electron chi connectivity index (χ3n) is 4.47. The highest BCUT2D eigenvalue weighted by Crippen LogP contribution is 2.37. The minimum atomic E-state index is 0.129. The van der Waals surface area contributed by atoms with Gasteiger partial charge in [-0.15, -0.1) is 0 Å². The zero-order valence-corrected chi connectivity index (χ0v) is 10.4. The van der Waals surface area contributed by atoms with Gasteiger partial charge in [0.05, 0.1) is 0 Å². The number of aliphatic hydroxyl groups is 1. The normalized spacial score (nSPS) is 39.1. The van der Waals surface area contributed by atoms with Crippen LogP contribution in [0.3, 0.4) is 0 Å². The van der Waals surface area contributed by atoms with Crippen LogP contribution in [0.15, 0.2) is 12.2 Å². The van der Waals surface area contributed by atoms with Crippen LogP contribution >= 0.6 is 0 Å². The van der Waals surface area contributed by atoms with Crippen molar-refractivity contribution in [3.05, 3.63) is 12.2 Å². The molecule has 2 N–H and O–H groups in total. The minimum absolute atomic E-state index is 0.129. The van der Waals surface area contributed by atoms with Crippen molar-refractivity contribution in [1.29, 1.82) is 0 Å². The van der Waals surface area contributed by atoms with Crippen molar-refractivity contribution in [2.45, 2.75) is 51.5 Å². The summed E-state index contributed by atoms with van der Waals surface area (Å²) in [6.45, 7) is 3.68. The summed E-state index contributed by atoms with van der Waals surface area (Å²) < 4.78 is 0. The monoisotopic (exact) mass is 223 g/mol. The SMILES string of the molecule is C[C@]1(CO)CCC[C@@H]1NC[C@H]1CC=CCC1. The van der Waals surface area contributed by atoms with E-state index in [9.17, 15) is 5.11 Å². The van der Waals surface area contributed by atoms with Crippen LogP contribution in [-0.4, -0.2) is 24.3 Å². The Morgan fingerprint density at radius 3 is 2.94 bits per heavy atom. The summed E-state index contributed by atoms with van der Waals surface area (Å²) in [5.74, 6) is 0.813. The first-order chi connectivity index (χ1) is 7.74. The first kappa shape index (κ1) is 12.1. The Bertz CT molecular complexity index is 251. The molecule has 1 saturated carbocycles. The van der Waals surface area contributed by atoms with E-state index in [4.69, 9.17) is 0 Å². The molecule has 0 heterocycles. The number of hydrogen-bond donors (Lipinski definition) is 2. The van der Waals surface area contributed by atoms with Gasteiger partial charge in [-0.25, -0.2) is 0 Å². The second-order valence-electron chi connectivity index (χ2n) is 5.82. The maximum Gasteiger partial charge on any atom is 0.0499 e. The maximum atomic E-state index is 9.48. The van der Waals surface area contributed by atoms with Crippen LogP contribution in [-0.2, 0) is 0 Å². The molecule has 0 bridgehead atoms. The van der Waals surface area contributed by atoms with Crippen LogP contribution < -0.4 is 5.32 Å². The number of aliphatic hydroxyl groups excluding tert-OH is 1. The van der Waals surface area contributed by atoms with Crippen molar-refractivity contribution < 1.29 is 5.11 Å². The fraction of sp³-hybridized carbons (Fsp3) is 0.857. The highest BCUT2D eigenvalue weighted by atomic mass is 16.3. The Hall–Kier alpha value is -0.340. The minimum Gasteiger partial charge on any atom is -0.396 e. The Kier molecular flexibility index (Phi) is 4.04. The first-order valence-corrected chi connectivity index (χ1v) is 6.74. The maximum absolute atomic E-state index is 9.48. The first-order valence-electron chi connectivity index (χ1n) is 6.74. The number of nitrogens with one attached hydrogen (secondary N) is 1. The lowest BCUT2D eigenvalue weighted by molar-refractivity contribution is 0.116. The molecule has 0 radical (unpaired) electrons. The van der Waals surface area contributed by atoms with E-state index in [0.717, 1.165) is 12.5 Å². The fourth-order valence-corrected chi connectivity index (χ4v) is 3.12.